The monoisotopic (exact) mass is 348 g/mol. The van der Waals surface area contributed by atoms with Crippen molar-refractivity contribution in [3.63, 3.8) is 0 Å². The summed E-state index contributed by atoms with van der Waals surface area (Å²) in [5.41, 5.74) is 1.46. The van der Waals surface area contributed by atoms with Gasteiger partial charge in [0.2, 0.25) is 10.0 Å². The molecule has 4 rings (SSSR count). The van der Waals surface area contributed by atoms with Crippen LogP contribution in [0, 0.1) is 0 Å². The molecule has 0 bridgehead atoms. The number of nitrogens with one attached hydrogen (secondary N) is 1. The van der Waals surface area contributed by atoms with Crippen molar-refractivity contribution >= 4 is 10.0 Å². The predicted molar refractivity (Wildman–Crippen MR) is 88.1 cm³/mol. The largest absolute Gasteiger partial charge is 0.488 e. The number of sulfonamides is 1. The van der Waals surface area contributed by atoms with E-state index in [9.17, 15) is 8.42 Å². The van der Waals surface area contributed by atoms with Crippen LogP contribution in [0.5, 0.6) is 5.75 Å². The molecule has 1 N–H and O–H groups in total. The molecule has 1 aromatic carbocycles. The van der Waals surface area contributed by atoms with Gasteiger partial charge in [-0.15, -0.1) is 0 Å². The van der Waals surface area contributed by atoms with Gasteiger partial charge in [-0.3, -0.25) is 0 Å². The second-order valence-corrected chi connectivity index (χ2v) is 8.15. The van der Waals surface area contributed by atoms with E-state index in [0.717, 1.165) is 31.2 Å². The van der Waals surface area contributed by atoms with Crippen LogP contribution in [0.3, 0.4) is 0 Å². The number of hydrogen-bond acceptors (Lipinski definition) is 5. The van der Waals surface area contributed by atoms with E-state index in [1.807, 2.05) is 0 Å². The summed E-state index contributed by atoms with van der Waals surface area (Å²) in [7, 11) is -3.56. The highest BCUT2D eigenvalue weighted by Gasteiger charge is 2.26. The van der Waals surface area contributed by atoms with Crippen LogP contribution in [-0.2, 0) is 16.6 Å². The minimum atomic E-state index is -3.56. The second kappa shape index (κ2) is 6.22. The Morgan fingerprint density at radius 1 is 1.12 bits per heavy atom. The zero-order valence-corrected chi connectivity index (χ0v) is 14.1. The summed E-state index contributed by atoms with van der Waals surface area (Å²) in [6, 6.07) is 4.89. The first-order chi connectivity index (χ1) is 11.6. The van der Waals surface area contributed by atoms with Gasteiger partial charge < -0.3 is 9.26 Å². The molecule has 6 nitrogen and oxygen atoms in total. The Bertz CT molecular complexity index is 836. The van der Waals surface area contributed by atoms with Crippen LogP contribution >= 0.6 is 0 Å². The molecule has 1 fully saturated rings. The SMILES string of the molecule is O=S(=O)(NC1CCCCCC1)c1ccc2c(c1)-c1oncc1CO2. The minimum absolute atomic E-state index is 0.0191. The van der Waals surface area contributed by atoms with Gasteiger partial charge in [0.05, 0.1) is 22.2 Å². The molecule has 128 valence electrons. The summed E-state index contributed by atoms with van der Waals surface area (Å²) >= 11 is 0. The molecule has 2 aromatic rings. The van der Waals surface area contributed by atoms with Crippen LogP contribution in [0.25, 0.3) is 11.3 Å². The first-order valence-corrected chi connectivity index (χ1v) is 9.85. The summed E-state index contributed by atoms with van der Waals surface area (Å²) < 4.78 is 39.3. The third-order valence-corrected chi connectivity index (χ3v) is 6.23. The van der Waals surface area contributed by atoms with Gasteiger partial charge in [0.25, 0.3) is 0 Å². The standard InChI is InChI=1S/C17H20N2O4S/c20-24(21,19-13-5-3-1-2-4-6-13)14-7-8-16-15(9-14)17-12(11-22-16)10-18-23-17/h7-10,13,19H,1-6,11H2. The lowest BCUT2D eigenvalue weighted by Gasteiger charge is -2.19. The quantitative estimate of drug-likeness (QED) is 0.861. The molecular weight excluding hydrogens is 328 g/mol. The van der Waals surface area contributed by atoms with Gasteiger partial charge in [0.15, 0.2) is 5.76 Å². The highest BCUT2D eigenvalue weighted by molar-refractivity contribution is 7.89. The van der Waals surface area contributed by atoms with E-state index >= 15 is 0 Å². The number of benzene rings is 1. The Hall–Kier alpha value is -1.86. The Kier molecular flexibility index (Phi) is 4.05. The summed E-state index contributed by atoms with van der Waals surface area (Å²) in [4.78, 5) is 0.235. The molecule has 2 aliphatic rings. The van der Waals surface area contributed by atoms with Crippen molar-refractivity contribution in [1.29, 1.82) is 0 Å². The summed E-state index contributed by atoms with van der Waals surface area (Å²) in [6.07, 6.45) is 7.92. The zero-order valence-electron chi connectivity index (χ0n) is 13.3. The van der Waals surface area contributed by atoms with Crippen molar-refractivity contribution in [2.45, 2.75) is 56.1 Å². The van der Waals surface area contributed by atoms with Crippen LogP contribution in [-0.4, -0.2) is 19.6 Å². The maximum atomic E-state index is 12.8. The Morgan fingerprint density at radius 3 is 2.71 bits per heavy atom. The number of hydrogen-bond donors (Lipinski definition) is 1. The first kappa shape index (κ1) is 15.7. The molecule has 7 heteroatoms. The second-order valence-electron chi connectivity index (χ2n) is 6.44. The Balaban J connectivity index is 1.63. The van der Waals surface area contributed by atoms with Gasteiger partial charge in [-0.1, -0.05) is 30.8 Å². The molecule has 0 amide bonds. The maximum absolute atomic E-state index is 12.8. The third-order valence-electron chi connectivity index (χ3n) is 4.71. The third kappa shape index (κ3) is 2.93. The average Bonchev–Trinajstić information content (AvgIpc) is 2.93. The fourth-order valence-corrected chi connectivity index (χ4v) is 4.74. The minimum Gasteiger partial charge on any atom is -0.488 e. The van der Waals surface area contributed by atoms with Gasteiger partial charge >= 0.3 is 0 Å². The normalized spacial score (nSPS) is 18.3. The van der Waals surface area contributed by atoms with Gasteiger partial charge in [0.1, 0.15) is 12.4 Å². The number of fused-ring (bicyclic) bond motifs is 3. The molecule has 24 heavy (non-hydrogen) atoms. The maximum Gasteiger partial charge on any atom is 0.240 e. The van der Waals surface area contributed by atoms with E-state index in [-0.39, 0.29) is 10.9 Å². The van der Waals surface area contributed by atoms with E-state index in [4.69, 9.17) is 9.26 Å². The zero-order chi connectivity index (χ0) is 16.6. The van der Waals surface area contributed by atoms with Crippen molar-refractivity contribution in [3.05, 3.63) is 30.0 Å². The van der Waals surface area contributed by atoms with Crippen molar-refractivity contribution in [2.24, 2.45) is 0 Å². The van der Waals surface area contributed by atoms with Crippen LogP contribution in [0.1, 0.15) is 44.1 Å². The van der Waals surface area contributed by atoms with E-state index in [1.165, 1.54) is 12.8 Å². The van der Waals surface area contributed by atoms with Crippen LogP contribution in [0.2, 0.25) is 0 Å². The predicted octanol–water partition coefficient (Wildman–Crippen LogP) is 3.24. The van der Waals surface area contributed by atoms with E-state index in [1.54, 1.807) is 24.4 Å². The molecule has 0 unspecified atom stereocenters. The lowest BCUT2D eigenvalue weighted by atomic mass is 10.1. The molecule has 1 aliphatic heterocycles. The lowest BCUT2D eigenvalue weighted by Crippen LogP contribution is -2.34. The highest BCUT2D eigenvalue weighted by atomic mass is 32.2. The molecule has 1 aliphatic carbocycles. The fraction of sp³-hybridized carbons (Fsp3) is 0.471. The van der Waals surface area contributed by atoms with Crippen molar-refractivity contribution in [1.82, 2.24) is 9.88 Å². The van der Waals surface area contributed by atoms with Crippen molar-refractivity contribution in [3.8, 4) is 17.1 Å². The molecule has 0 atom stereocenters. The number of ether oxygens (including phenoxy) is 1. The van der Waals surface area contributed by atoms with Gasteiger partial charge in [-0.25, -0.2) is 13.1 Å². The molecule has 0 radical (unpaired) electrons. The topological polar surface area (TPSA) is 81.4 Å². The van der Waals surface area contributed by atoms with Crippen LogP contribution in [0.4, 0.5) is 0 Å². The smallest absolute Gasteiger partial charge is 0.240 e. The van der Waals surface area contributed by atoms with Gasteiger partial charge in [-0.2, -0.15) is 0 Å². The first-order valence-electron chi connectivity index (χ1n) is 8.36. The summed E-state index contributed by atoms with van der Waals surface area (Å²) in [6.45, 7) is 0.387. The molecule has 0 saturated heterocycles. The number of aromatic nitrogens is 1. The number of nitrogens with zero attached hydrogens (tertiary/aromatic N) is 1. The fourth-order valence-electron chi connectivity index (χ4n) is 3.40. The average molecular weight is 348 g/mol. The van der Waals surface area contributed by atoms with Crippen molar-refractivity contribution < 1.29 is 17.7 Å². The van der Waals surface area contributed by atoms with Gasteiger partial charge in [0, 0.05) is 6.04 Å². The molecule has 1 aromatic heterocycles. The lowest BCUT2D eigenvalue weighted by molar-refractivity contribution is 0.297. The molecular formula is C17H20N2O4S. The van der Waals surface area contributed by atoms with E-state index in [0.29, 0.717) is 23.7 Å². The summed E-state index contributed by atoms with van der Waals surface area (Å²) in [5, 5.41) is 3.78. The molecule has 2 heterocycles. The molecule has 0 spiro atoms. The van der Waals surface area contributed by atoms with E-state index < -0.39 is 10.0 Å². The Labute approximate surface area is 141 Å². The Morgan fingerprint density at radius 2 is 1.92 bits per heavy atom. The highest BCUT2D eigenvalue weighted by Crippen LogP contribution is 2.38. The number of rotatable bonds is 3. The van der Waals surface area contributed by atoms with Crippen molar-refractivity contribution in [2.75, 3.05) is 0 Å². The van der Waals surface area contributed by atoms with Gasteiger partial charge in [-0.05, 0) is 31.0 Å². The molecule has 1 saturated carbocycles. The van der Waals surface area contributed by atoms with E-state index in [2.05, 4.69) is 9.88 Å². The van der Waals surface area contributed by atoms with Crippen LogP contribution < -0.4 is 9.46 Å². The van der Waals surface area contributed by atoms with Crippen LogP contribution in [0.15, 0.2) is 33.8 Å². The summed E-state index contributed by atoms with van der Waals surface area (Å²) in [5.74, 6) is 1.20.